The van der Waals surface area contributed by atoms with Crippen LogP contribution in [0, 0.1) is 0 Å². The average molecular weight is 237 g/mol. The number of anilines is 1. The zero-order valence-corrected chi connectivity index (χ0v) is 10.9. The van der Waals surface area contributed by atoms with E-state index in [1.54, 1.807) is 7.11 Å². The van der Waals surface area contributed by atoms with E-state index in [0.29, 0.717) is 0 Å². The molecule has 0 aliphatic heterocycles. The molecular weight excluding hydrogens is 214 g/mol. The van der Waals surface area contributed by atoms with Gasteiger partial charge in [-0.1, -0.05) is 12.1 Å². The average Bonchev–Trinajstić information content (AvgIpc) is 2.35. The number of rotatable bonds is 7. The van der Waals surface area contributed by atoms with Gasteiger partial charge in [0.05, 0.1) is 0 Å². The lowest BCUT2D eigenvalue weighted by Gasteiger charge is -2.19. The Morgan fingerprint density at radius 3 is 2.76 bits per heavy atom. The molecule has 0 aromatic heterocycles. The maximum Gasteiger partial charge on any atom is 0.0462 e. The molecule has 0 saturated carbocycles. The first kappa shape index (κ1) is 14.0. The summed E-state index contributed by atoms with van der Waals surface area (Å²) in [4.78, 5) is 2.09. The first-order valence-electron chi connectivity index (χ1n) is 5.91. The highest BCUT2D eigenvalue weighted by atomic mass is 16.5. The number of hydrazine groups is 1. The number of ether oxygens (including phenoxy) is 1. The zero-order valence-electron chi connectivity index (χ0n) is 10.9. The van der Waals surface area contributed by atoms with Crippen molar-refractivity contribution in [3.8, 4) is 0 Å². The topological polar surface area (TPSA) is 50.5 Å². The van der Waals surface area contributed by atoms with Gasteiger partial charge in [0.25, 0.3) is 0 Å². The number of nitrogens with one attached hydrogen (secondary N) is 1. The molecule has 0 fully saturated rings. The zero-order chi connectivity index (χ0) is 12.7. The Bertz CT molecular complexity index is 328. The molecule has 96 valence electrons. The number of hydrogen-bond donors (Lipinski definition) is 2. The Labute approximate surface area is 104 Å². The Morgan fingerprint density at radius 2 is 2.18 bits per heavy atom. The van der Waals surface area contributed by atoms with Crippen molar-refractivity contribution in [2.75, 3.05) is 32.7 Å². The van der Waals surface area contributed by atoms with E-state index in [4.69, 9.17) is 10.6 Å². The smallest absolute Gasteiger partial charge is 0.0462 e. The van der Waals surface area contributed by atoms with Crippen LogP contribution in [-0.2, 0) is 4.74 Å². The third-order valence-electron chi connectivity index (χ3n) is 2.83. The molecule has 0 spiro atoms. The van der Waals surface area contributed by atoms with Crippen LogP contribution in [0.25, 0.3) is 0 Å². The van der Waals surface area contributed by atoms with E-state index in [2.05, 4.69) is 34.6 Å². The van der Waals surface area contributed by atoms with E-state index in [1.807, 2.05) is 14.1 Å². The quantitative estimate of drug-likeness (QED) is 0.430. The number of nitrogens with zero attached hydrogens (tertiary/aromatic N) is 1. The molecule has 17 heavy (non-hydrogen) atoms. The lowest BCUT2D eigenvalue weighted by molar-refractivity contribution is 0.189. The van der Waals surface area contributed by atoms with Gasteiger partial charge in [0.15, 0.2) is 0 Å². The maximum atomic E-state index is 5.61. The molecule has 0 radical (unpaired) electrons. The van der Waals surface area contributed by atoms with Gasteiger partial charge in [-0.05, 0) is 30.5 Å². The molecule has 4 nitrogen and oxygen atoms in total. The van der Waals surface area contributed by atoms with Crippen LogP contribution in [0.5, 0.6) is 0 Å². The Hall–Kier alpha value is -1.10. The minimum absolute atomic E-state index is 0.185. The Kier molecular flexibility index (Phi) is 5.97. The molecule has 1 atom stereocenters. The highest BCUT2D eigenvalue weighted by Crippen LogP contribution is 2.22. The summed E-state index contributed by atoms with van der Waals surface area (Å²) < 4.78 is 5.06. The number of hydrogen-bond acceptors (Lipinski definition) is 4. The van der Waals surface area contributed by atoms with Gasteiger partial charge in [0, 0.05) is 39.5 Å². The molecule has 4 heteroatoms. The van der Waals surface area contributed by atoms with Crippen LogP contribution < -0.4 is 16.2 Å². The van der Waals surface area contributed by atoms with Crippen molar-refractivity contribution in [2.45, 2.75) is 18.9 Å². The highest BCUT2D eigenvalue weighted by molar-refractivity contribution is 5.47. The molecule has 0 saturated heterocycles. The lowest BCUT2D eigenvalue weighted by Crippen LogP contribution is -2.28. The molecule has 0 amide bonds. The largest absolute Gasteiger partial charge is 0.385 e. The fourth-order valence-corrected chi connectivity index (χ4v) is 1.80. The van der Waals surface area contributed by atoms with Gasteiger partial charge in [-0.2, -0.15) is 0 Å². The van der Waals surface area contributed by atoms with Gasteiger partial charge in [-0.3, -0.25) is 11.3 Å². The van der Waals surface area contributed by atoms with Gasteiger partial charge in [0.1, 0.15) is 0 Å². The summed E-state index contributed by atoms with van der Waals surface area (Å²) in [6, 6.07) is 8.60. The van der Waals surface area contributed by atoms with E-state index >= 15 is 0 Å². The molecular formula is C13H23N3O. The molecule has 0 aliphatic carbocycles. The molecule has 0 heterocycles. The van der Waals surface area contributed by atoms with Crippen molar-refractivity contribution in [3.63, 3.8) is 0 Å². The van der Waals surface area contributed by atoms with E-state index in [-0.39, 0.29) is 6.04 Å². The van der Waals surface area contributed by atoms with Gasteiger partial charge >= 0.3 is 0 Å². The van der Waals surface area contributed by atoms with E-state index in [1.165, 1.54) is 11.3 Å². The first-order valence-corrected chi connectivity index (χ1v) is 5.91. The van der Waals surface area contributed by atoms with Crippen LogP contribution in [0.3, 0.4) is 0 Å². The summed E-state index contributed by atoms with van der Waals surface area (Å²) in [6.45, 7) is 0.769. The highest BCUT2D eigenvalue weighted by Gasteiger charge is 2.10. The Morgan fingerprint density at radius 1 is 1.41 bits per heavy atom. The second-order valence-electron chi connectivity index (χ2n) is 4.34. The summed E-state index contributed by atoms with van der Waals surface area (Å²) in [6.07, 6.45) is 1.97. The van der Waals surface area contributed by atoms with Crippen LogP contribution in [0.4, 0.5) is 5.69 Å². The number of nitrogens with two attached hydrogens (primary N) is 1. The molecule has 1 aromatic rings. The molecule has 0 bridgehead atoms. The minimum Gasteiger partial charge on any atom is -0.385 e. The van der Waals surface area contributed by atoms with Crippen molar-refractivity contribution in [3.05, 3.63) is 29.8 Å². The fourth-order valence-electron chi connectivity index (χ4n) is 1.80. The summed E-state index contributed by atoms with van der Waals surface area (Å²) in [7, 11) is 5.79. The summed E-state index contributed by atoms with van der Waals surface area (Å²) in [5, 5.41) is 0. The predicted octanol–water partition coefficient (Wildman–Crippen LogP) is 1.68. The van der Waals surface area contributed by atoms with Crippen molar-refractivity contribution in [1.82, 2.24) is 5.43 Å². The minimum atomic E-state index is 0.185. The monoisotopic (exact) mass is 237 g/mol. The van der Waals surface area contributed by atoms with Crippen LogP contribution >= 0.6 is 0 Å². The summed E-state index contributed by atoms with van der Waals surface area (Å²) in [5.74, 6) is 5.61. The van der Waals surface area contributed by atoms with Crippen molar-refractivity contribution in [2.24, 2.45) is 5.84 Å². The van der Waals surface area contributed by atoms with Crippen LogP contribution in [0.1, 0.15) is 24.4 Å². The molecule has 1 aromatic carbocycles. The van der Waals surface area contributed by atoms with Crippen molar-refractivity contribution in [1.29, 1.82) is 0 Å². The standard InChI is InChI=1S/C13H23N3O/c1-16(2)12-7-4-6-11(10-12)13(15-14)8-5-9-17-3/h4,6-7,10,13,15H,5,8-9,14H2,1-3H3. The van der Waals surface area contributed by atoms with Gasteiger partial charge < -0.3 is 9.64 Å². The van der Waals surface area contributed by atoms with Crippen LogP contribution in [0.2, 0.25) is 0 Å². The van der Waals surface area contributed by atoms with Crippen LogP contribution in [-0.4, -0.2) is 27.8 Å². The second-order valence-corrected chi connectivity index (χ2v) is 4.34. The normalized spacial score (nSPS) is 12.5. The first-order chi connectivity index (χ1) is 8.19. The molecule has 1 unspecified atom stereocenters. The van der Waals surface area contributed by atoms with Gasteiger partial charge in [0.2, 0.25) is 0 Å². The molecule has 3 N–H and O–H groups in total. The van der Waals surface area contributed by atoms with Crippen LogP contribution in [0.15, 0.2) is 24.3 Å². The lowest BCUT2D eigenvalue weighted by atomic mass is 10.0. The van der Waals surface area contributed by atoms with Gasteiger partial charge in [-0.15, -0.1) is 0 Å². The summed E-state index contributed by atoms with van der Waals surface area (Å²) in [5.41, 5.74) is 5.28. The second kappa shape index (κ2) is 7.27. The SMILES string of the molecule is COCCCC(NN)c1cccc(N(C)C)c1. The number of benzene rings is 1. The van der Waals surface area contributed by atoms with Crippen molar-refractivity contribution < 1.29 is 4.74 Å². The van der Waals surface area contributed by atoms with Gasteiger partial charge in [-0.25, -0.2) is 0 Å². The van der Waals surface area contributed by atoms with Crippen molar-refractivity contribution >= 4 is 5.69 Å². The fraction of sp³-hybridized carbons (Fsp3) is 0.538. The van der Waals surface area contributed by atoms with E-state index < -0.39 is 0 Å². The maximum absolute atomic E-state index is 5.61. The van der Waals surface area contributed by atoms with E-state index in [0.717, 1.165) is 19.4 Å². The summed E-state index contributed by atoms with van der Waals surface area (Å²) >= 11 is 0. The third kappa shape index (κ3) is 4.34. The molecule has 1 rings (SSSR count). The third-order valence-corrected chi connectivity index (χ3v) is 2.83. The predicted molar refractivity (Wildman–Crippen MR) is 71.9 cm³/mol. The van der Waals surface area contributed by atoms with E-state index in [9.17, 15) is 0 Å². The Balaban J connectivity index is 2.70. The molecule has 0 aliphatic rings. The number of methoxy groups -OCH3 is 1.